The zero-order valence-corrected chi connectivity index (χ0v) is 17.5. The van der Waals surface area contributed by atoms with Crippen LogP contribution in [-0.2, 0) is 4.79 Å². The number of likely N-dealkylation sites (N-methyl/N-ethyl adjacent to an activating group) is 1. The summed E-state index contributed by atoms with van der Waals surface area (Å²) in [5, 5.41) is 6.28. The van der Waals surface area contributed by atoms with Crippen LogP contribution in [0.4, 0.5) is 4.39 Å². The highest BCUT2D eigenvalue weighted by atomic mass is 19.1. The standard InChI is InChI=1S/C23H25FN4O3/c1-26-8-10-27(11-9-26)14-23(29)28-20(17-4-7-21-22(12-17)31-15-30-21)13-19(25-28)16-2-5-18(24)6-3-16/h2-7,12,20H,8-11,13-15H2,1H3/t20-/m0/s1. The third kappa shape index (κ3) is 4.13. The minimum atomic E-state index is -0.294. The number of hydrogen-bond donors (Lipinski definition) is 0. The number of hydrogen-bond acceptors (Lipinski definition) is 6. The third-order valence-corrected chi connectivity index (χ3v) is 6.08. The number of rotatable bonds is 4. The van der Waals surface area contributed by atoms with E-state index in [9.17, 15) is 9.18 Å². The van der Waals surface area contributed by atoms with E-state index >= 15 is 0 Å². The predicted molar refractivity (Wildman–Crippen MR) is 114 cm³/mol. The molecule has 3 aliphatic rings. The lowest BCUT2D eigenvalue weighted by molar-refractivity contribution is -0.134. The Balaban J connectivity index is 1.41. The van der Waals surface area contributed by atoms with Gasteiger partial charge in [0.25, 0.3) is 5.91 Å². The van der Waals surface area contributed by atoms with E-state index in [-0.39, 0.29) is 24.6 Å². The van der Waals surface area contributed by atoms with Crippen molar-refractivity contribution in [2.75, 3.05) is 46.6 Å². The molecule has 1 saturated heterocycles. The minimum Gasteiger partial charge on any atom is -0.454 e. The van der Waals surface area contributed by atoms with E-state index in [2.05, 4.69) is 21.9 Å². The molecule has 0 aromatic heterocycles. The van der Waals surface area contributed by atoms with Gasteiger partial charge in [-0.1, -0.05) is 18.2 Å². The normalized spacial score (nSPS) is 21.4. The molecule has 3 aliphatic heterocycles. The lowest BCUT2D eigenvalue weighted by atomic mass is 9.98. The Morgan fingerprint density at radius 2 is 1.81 bits per heavy atom. The molecule has 2 aromatic rings. The topological polar surface area (TPSA) is 57.6 Å². The molecule has 7 nitrogen and oxygen atoms in total. The maximum Gasteiger partial charge on any atom is 0.257 e. The van der Waals surface area contributed by atoms with Crippen molar-refractivity contribution in [2.45, 2.75) is 12.5 Å². The molecular formula is C23H25FN4O3. The number of amides is 1. The molecule has 1 amide bonds. The molecule has 2 aromatic carbocycles. The van der Waals surface area contributed by atoms with Crippen molar-refractivity contribution < 1.29 is 18.7 Å². The average Bonchev–Trinajstić information content (AvgIpc) is 3.42. The van der Waals surface area contributed by atoms with Gasteiger partial charge >= 0.3 is 0 Å². The van der Waals surface area contributed by atoms with Gasteiger partial charge in [0.15, 0.2) is 11.5 Å². The van der Waals surface area contributed by atoms with Gasteiger partial charge in [-0.3, -0.25) is 9.69 Å². The van der Waals surface area contributed by atoms with Crippen molar-refractivity contribution in [3.05, 3.63) is 59.4 Å². The van der Waals surface area contributed by atoms with Crippen molar-refractivity contribution >= 4 is 11.6 Å². The first-order valence-corrected chi connectivity index (χ1v) is 10.5. The number of halogens is 1. The molecule has 0 N–H and O–H groups in total. The highest BCUT2D eigenvalue weighted by molar-refractivity contribution is 6.03. The third-order valence-electron chi connectivity index (χ3n) is 6.08. The second kappa shape index (κ2) is 8.28. The summed E-state index contributed by atoms with van der Waals surface area (Å²) in [6, 6.07) is 11.8. The SMILES string of the molecule is CN1CCN(CC(=O)N2N=C(c3ccc(F)cc3)C[C@H]2c2ccc3c(c2)OCO3)CC1. The number of piperazine rings is 1. The van der Waals surface area contributed by atoms with Crippen LogP contribution in [-0.4, -0.2) is 73.0 Å². The Kier molecular flexibility index (Phi) is 5.33. The summed E-state index contributed by atoms with van der Waals surface area (Å²) in [7, 11) is 2.09. The number of benzene rings is 2. The van der Waals surface area contributed by atoms with Crippen LogP contribution in [0.1, 0.15) is 23.6 Å². The first kappa shape index (κ1) is 20.0. The molecule has 0 radical (unpaired) electrons. The quantitative estimate of drug-likeness (QED) is 0.755. The molecule has 1 fully saturated rings. The Labute approximate surface area is 180 Å². The number of fused-ring (bicyclic) bond motifs is 1. The molecule has 0 bridgehead atoms. The molecular weight excluding hydrogens is 399 g/mol. The van der Waals surface area contributed by atoms with Crippen LogP contribution >= 0.6 is 0 Å². The smallest absolute Gasteiger partial charge is 0.257 e. The summed E-state index contributed by atoms with van der Waals surface area (Å²) in [5.74, 6) is 1.05. The maximum absolute atomic E-state index is 13.4. The highest BCUT2D eigenvalue weighted by Crippen LogP contribution is 2.39. The fourth-order valence-electron chi connectivity index (χ4n) is 4.21. The van der Waals surface area contributed by atoms with Crippen LogP contribution in [0.2, 0.25) is 0 Å². The van der Waals surface area contributed by atoms with Crippen molar-refractivity contribution in [3.63, 3.8) is 0 Å². The first-order chi connectivity index (χ1) is 15.1. The molecule has 3 heterocycles. The second-order valence-electron chi connectivity index (χ2n) is 8.20. The summed E-state index contributed by atoms with van der Waals surface area (Å²) in [5.41, 5.74) is 2.54. The summed E-state index contributed by atoms with van der Waals surface area (Å²) < 4.78 is 24.4. The molecule has 31 heavy (non-hydrogen) atoms. The van der Waals surface area contributed by atoms with Crippen LogP contribution in [0.15, 0.2) is 47.6 Å². The molecule has 0 aliphatic carbocycles. The van der Waals surface area contributed by atoms with E-state index in [1.165, 1.54) is 12.1 Å². The van der Waals surface area contributed by atoms with E-state index in [0.29, 0.717) is 24.5 Å². The van der Waals surface area contributed by atoms with Crippen LogP contribution in [0.25, 0.3) is 0 Å². The van der Waals surface area contributed by atoms with Crippen molar-refractivity contribution in [2.24, 2.45) is 5.10 Å². The van der Waals surface area contributed by atoms with E-state index in [0.717, 1.165) is 43.0 Å². The van der Waals surface area contributed by atoms with Crippen molar-refractivity contribution in [1.29, 1.82) is 0 Å². The van der Waals surface area contributed by atoms with Crippen LogP contribution < -0.4 is 9.47 Å². The Bertz CT molecular complexity index is 1000. The summed E-state index contributed by atoms with van der Waals surface area (Å²) in [4.78, 5) is 17.7. The van der Waals surface area contributed by atoms with Gasteiger partial charge in [-0.15, -0.1) is 0 Å². The van der Waals surface area contributed by atoms with Gasteiger partial charge in [-0.05, 0) is 42.4 Å². The van der Waals surface area contributed by atoms with E-state index in [1.54, 1.807) is 17.1 Å². The number of carbonyl (C=O) groups excluding carboxylic acids is 1. The Hall–Kier alpha value is -2.97. The molecule has 1 atom stereocenters. The molecule has 0 spiro atoms. The molecule has 162 valence electrons. The summed E-state index contributed by atoms with van der Waals surface area (Å²) in [6.07, 6.45) is 0.555. The van der Waals surface area contributed by atoms with Gasteiger partial charge in [-0.25, -0.2) is 9.40 Å². The second-order valence-corrected chi connectivity index (χ2v) is 8.20. The van der Waals surface area contributed by atoms with Gasteiger partial charge in [-0.2, -0.15) is 5.10 Å². The summed E-state index contributed by atoms with van der Waals surface area (Å²) >= 11 is 0. The first-order valence-electron chi connectivity index (χ1n) is 10.5. The number of carbonyl (C=O) groups is 1. The fraction of sp³-hybridized carbons (Fsp3) is 0.391. The van der Waals surface area contributed by atoms with Gasteiger partial charge < -0.3 is 14.4 Å². The largest absolute Gasteiger partial charge is 0.454 e. The Morgan fingerprint density at radius 3 is 2.58 bits per heavy atom. The van der Waals surface area contributed by atoms with Crippen molar-refractivity contribution in [3.8, 4) is 11.5 Å². The zero-order chi connectivity index (χ0) is 21.4. The van der Waals surface area contributed by atoms with Crippen LogP contribution in [0.3, 0.4) is 0 Å². The monoisotopic (exact) mass is 424 g/mol. The fourth-order valence-corrected chi connectivity index (χ4v) is 4.21. The van der Waals surface area contributed by atoms with Gasteiger partial charge in [0.05, 0.1) is 18.3 Å². The zero-order valence-electron chi connectivity index (χ0n) is 17.5. The molecule has 0 saturated carbocycles. The van der Waals surface area contributed by atoms with Crippen LogP contribution in [0, 0.1) is 5.82 Å². The average molecular weight is 424 g/mol. The number of hydrazone groups is 1. The number of ether oxygens (including phenoxy) is 2. The van der Waals surface area contributed by atoms with Crippen LogP contribution in [0.5, 0.6) is 11.5 Å². The lowest BCUT2D eigenvalue weighted by Gasteiger charge is -2.33. The minimum absolute atomic E-state index is 0.0377. The van der Waals surface area contributed by atoms with E-state index in [1.807, 2.05) is 18.2 Å². The molecule has 5 rings (SSSR count). The molecule has 0 unspecified atom stereocenters. The Morgan fingerprint density at radius 1 is 1.06 bits per heavy atom. The highest BCUT2D eigenvalue weighted by Gasteiger charge is 2.35. The number of nitrogens with zero attached hydrogens (tertiary/aromatic N) is 4. The van der Waals surface area contributed by atoms with Gasteiger partial charge in [0.1, 0.15) is 5.82 Å². The summed E-state index contributed by atoms with van der Waals surface area (Å²) in [6.45, 7) is 4.15. The van der Waals surface area contributed by atoms with Gasteiger partial charge in [0.2, 0.25) is 6.79 Å². The lowest BCUT2D eigenvalue weighted by Crippen LogP contribution is -2.48. The van der Waals surface area contributed by atoms with E-state index in [4.69, 9.17) is 9.47 Å². The predicted octanol–water partition coefficient (Wildman–Crippen LogP) is 2.48. The van der Waals surface area contributed by atoms with E-state index < -0.39 is 0 Å². The molecule has 8 heteroatoms. The maximum atomic E-state index is 13.4. The van der Waals surface area contributed by atoms with Crippen molar-refractivity contribution in [1.82, 2.24) is 14.8 Å². The van der Waals surface area contributed by atoms with Gasteiger partial charge in [0, 0.05) is 32.6 Å².